The average molecular weight is 226 g/mol. The molecule has 0 bridgehead atoms. The number of aryl methyl sites for hydroxylation is 1. The van der Waals surface area contributed by atoms with Crippen molar-refractivity contribution >= 4 is 0 Å². The van der Waals surface area contributed by atoms with Gasteiger partial charge in [-0.2, -0.15) is 0 Å². The van der Waals surface area contributed by atoms with Crippen LogP contribution in [0.4, 0.5) is 4.39 Å². The molecular formula is C15H11FO. The van der Waals surface area contributed by atoms with Crippen molar-refractivity contribution in [3.05, 3.63) is 59.4 Å². The summed E-state index contributed by atoms with van der Waals surface area (Å²) in [6.07, 6.45) is 5.31. The van der Waals surface area contributed by atoms with Gasteiger partial charge in [0.25, 0.3) is 0 Å². The zero-order chi connectivity index (χ0) is 12.3. The molecule has 0 amide bonds. The zero-order valence-electron chi connectivity index (χ0n) is 9.41. The quantitative estimate of drug-likeness (QED) is 0.705. The van der Waals surface area contributed by atoms with Crippen molar-refractivity contribution < 1.29 is 9.13 Å². The number of hydrogen-bond acceptors (Lipinski definition) is 1. The van der Waals surface area contributed by atoms with Gasteiger partial charge in [0.1, 0.15) is 17.3 Å². The van der Waals surface area contributed by atoms with Gasteiger partial charge in [0.05, 0.1) is 0 Å². The minimum Gasteiger partial charge on any atom is -0.457 e. The maximum absolute atomic E-state index is 12.7. The van der Waals surface area contributed by atoms with Crippen LogP contribution in [-0.4, -0.2) is 0 Å². The van der Waals surface area contributed by atoms with E-state index >= 15 is 0 Å². The molecule has 0 aliphatic carbocycles. The number of halogens is 1. The van der Waals surface area contributed by atoms with Gasteiger partial charge in [-0.3, -0.25) is 0 Å². The fraction of sp³-hybridized carbons (Fsp3) is 0.0667. The molecular weight excluding hydrogens is 215 g/mol. The Morgan fingerprint density at radius 2 is 1.82 bits per heavy atom. The van der Waals surface area contributed by atoms with Crippen LogP contribution in [0, 0.1) is 25.1 Å². The summed E-state index contributed by atoms with van der Waals surface area (Å²) in [5.41, 5.74) is 1.76. The molecule has 0 aromatic heterocycles. The molecule has 84 valence electrons. The largest absolute Gasteiger partial charge is 0.457 e. The van der Waals surface area contributed by atoms with E-state index in [2.05, 4.69) is 5.92 Å². The molecule has 0 unspecified atom stereocenters. The monoisotopic (exact) mass is 226 g/mol. The van der Waals surface area contributed by atoms with Crippen LogP contribution in [0.25, 0.3) is 0 Å². The second-order valence-electron chi connectivity index (χ2n) is 3.68. The molecule has 0 radical (unpaired) electrons. The Morgan fingerprint density at radius 1 is 1.12 bits per heavy atom. The first-order valence-corrected chi connectivity index (χ1v) is 5.20. The van der Waals surface area contributed by atoms with E-state index in [0.717, 1.165) is 16.9 Å². The maximum atomic E-state index is 12.7. The topological polar surface area (TPSA) is 9.23 Å². The molecule has 0 aliphatic rings. The van der Waals surface area contributed by atoms with Gasteiger partial charge < -0.3 is 4.74 Å². The third-order valence-corrected chi connectivity index (χ3v) is 2.38. The van der Waals surface area contributed by atoms with Crippen molar-refractivity contribution in [3.63, 3.8) is 0 Å². The summed E-state index contributed by atoms with van der Waals surface area (Å²) in [6, 6.07) is 11.4. The van der Waals surface area contributed by atoms with Crippen molar-refractivity contribution in [1.82, 2.24) is 0 Å². The molecule has 0 spiro atoms. The molecule has 2 heteroatoms. The standard InChI is InChI=1S/C15H11FO/c1-3-12-4-9-15(11(2)10-12)17-14-7-5-13(16)6-8-14/h1,4-10H,2H3. The van der Waals surface area contributed by atoms with Gasteiger partial charge >= 0.3 is 0 Å². The SMILES string of the molecule is C#Cc1ccc(Oc2ccc(F)cc2)c(C)c1. The van der Waals surface area contributed by atoms with Crippen LogP contribution < -0.4 is 4.74 Å². The molecule has 2 rings (SSSR count). The fourth-order valence-corrected chi connectivity index (χ4v) is 1.48. The second-order valence-corrected chi connectivity index (χ2v) is 3.68. The minimum absolute atomic E-state index is 0.281. The van der Waals surface area contributed by atoms with Crippen LogP contribution >= 0.6 is 0 Å². The molecule has 0 saturated carbocycles. The fourth-order valence-electron chi connectivity index (χ4n) is 1.48. The first kappa shape index (κ1) is 11.2. The minimum atomic E-state index is -0.281. The lowest BCUT2D eigenvalue weighted by molar-refractivity contribution is 0.477. The molecule has 17 heavy (non-hydrogen) atoms. The molecule has 0 saturated heterocycles. The third-order valence-electron chi connectivity index (χ3n) is 2.38. The first-order chi connectivity index (χ1) is 8.19. The molecule has 1 nitrogen and oxygen atoms in total. The highest BCUT2D eigenvalue weighted by molar-refractivity contribution is 5.44. The molecule has 0 heterocycles. The third kappa shape index (κ3) is 2.64. The summed E-state index contributed by atoms with van der Waals surface area (Å²) in [6.45, 7) is 1.92. The van der Waals surface area contributed by atoms with E-state index in [1.54, 1.807) is 12.1 Å². The van der Waals surface area contributed by atoms with E-state index in [9.17, 15) is 4.39 Å². The second kappa shape index (κ2) is 4.71. The van der Waals surface area contributed by atoms with Crippen LogP contribution in [0.5, 0.6) is 11.5 Å². The number of ether oxygens (including phenoxy) is 1. The van der Waals surface area contributed by atoms with Gasteiger partial charge in [-0.1, -0.05) is 5.92 Å². The maximum Gasteiger partial charge on any atom is 0.130 e. The van der Waals surface area contributed by atoms with Crippen LogP contribution in [0.3, 0.4) is 0 Å². The Labute approximate surface area is 99.9 Å². The van der Waals surface area contributed by atoms with Crippen molar-refractivity contribution in [2.75, 3.05) is 0 Å². The van der Waals surface area contributed by atoms with E-state index in [1.165, 1.54) is 12.1 Å². The van der Waals surface area contributed by atoms with E-state index in [0.29, 0.717) is 5.75 Å². The van der Waals surface area contributed by atoms with Crippen molar-refractivity contribution in [1.29, 1.82) is 0 Å². The van der Waals surface area contributed by atoms with Gasteiger partial charge in [-0.15, -0.1) is 6.42 Å². The Hall–Kier alpha value is -2.27. The number of rotatable bonds is 2. The zero-order valence-corrected chi connectivity index (χ0v) is 9.41. The Kier molecular flexibility index (Phi) is 3.11. The number of benzene rings is 2. The van der Waals surface area contributed by atoms with E-state index in [4.69, 9.17) is 11.2 Å². The van der Waals surface area contributed by atoms with E-state index in [-0.39, 0.29) is 5.82 Å². The lowest BCUT2D eigenvalue weighted by Gasteiger charge is -2.08. The molecule has 2 aromatic rings. The van der Waals surface area contributed by atoms with Gasteiger partial charge in [0, 0.05) is 5.56 Å². The summed E-state index contributed by atoms with van der Waals surface area (Å²) < 4.78 is 18.4. The molecule has 2 aromatic carbocycles. The Morgan fingerprint density at radius 3 is 2.41 bits per heavy atom. The van der Waals surface area contributed by atoms with Gasteiger partial charge in [-0.25, -0.2) is 4.39 Å². The van der Waals surface area contributed by atoms with E-state index < -0.39 is 0 Å². The van der Waals surface area contributed by atoms with Gasteiger partial charge in [0.2, 0.25) is 0 Å². The predicted octanol–water partition coefficient (Wildman–Crippen LogP) is 3.91. The molecule has 0 aliphatic heterocycles. The molecule has 0 N–H and O–H groups in total. The molecule has 0 atom stereocenters. The lowest BCUT2D eigenvalue weighted by Crippen LogP contribution is -1.88. The van der Waals surface area contributed by atoms with Gasteiger partial charge in [0.15, 0.2) is 0 Å². The van der Waals surface area contributed by atoms with E-state index in [1.807, 2.05) is 25.1 Å². The van der Waals surface area contributed by atoms with Crippen LogP contribution in [0.15, 0.2) is 42.5 Å². The average Bonchev–Trinajstić information content (AvgIpc) is 2.34. The molecule has 0 fully saturated rings. The Balaban J connectivity index is 2.25. The summed E-state index contributed by atoms with van der Waals surface area (Å²) >= 11 is 0. The summed E-state index contributed by atoms with van der Waals surface area (Å²) in [5.74, 6) is 3.60. The van der Waals surface area contributed by atoms with Crippen LogP contribution in [-0.2, 0) is 0 Å². The number of terminal acetylenes is 1. The predicted molar refractivity (Wildman–Crippen MR) is 65.6 cm³/mol. The lowest BCUT2D eigenvalue weighted by atomic mass is 10.1. The summed E-state index contributed by atoms with van der Waals surface area (Å²) in [4.78, 5) is 0. The van der Waals surface area contributed by atoms with Crippen LogP contribution in [0.2, 0.25) is 0 Å². The normalized spacial score (nSPS) is 9.71. The van der Waals surface area contributed by atoms with Crippen molar-refractivity contribution in [3.8, 4) is 23.8 Å². The highest BCUT2D eigenvalue weighted by atomic mass is 19.1. The summed E-state index contributed by atoms with van der Waals surface area (Å²) in [5, 5.41) is 0. The Bertz CT molecular complexity index is 564. The van der Waals surface area contributed by atoms with Crippen molar-refractivity contribution in [2.45, 2.75) is 6.92 Å². The van der Waals surface area contributed by atoms with Crippen LogP contribution in [0.1, 0.15) is 11.1 Å². The highest BCUT2D eigenvalue weighted by Gasteiger charge is 2.02. The summed E-state index contributed by atoms with van der Waals surface area (Å²) in [7, 11) is 0. The first-order valence-electron chi connectivity index (χ1n) is 5.20. The van der Waals surface area contributed by atoms with Crippen molar-refractivity contribution in [2.24, 2.45) is 0 Å². The van der Waals surface area contributed by atoms with Gasteiger partial charge in [-0.05, 0) is 55.0 Å². The number of hydrogen-bond donors (Lipinski definition) is 0. The highest BCUT2D eigenvalue weighted by Crippen LogP contribution is 2.25. The smallest absolute Gasteiger partial charge is 0.130 e.